The molecule has 0 aromatic heterocycles. The number of para-hydroxylation sites is 1. The van der Waals surface area contributed by atoms with Gasteiger partial charge in [0.1, 0.15) is 6.61 Å². The van der Waals surface area contributed by atoms with Gasteiger partial charge < -0.3 is 20.1 Å². The molecule has 0 aliphatic rings. The molecular formula is C20H29Cl3N2O2. The van der Waals surface area contributed by atoms with Crippen molar-refractivity contribution < 1.29 is 9.47 Å². The van der Waals surface area contributed by atoms with Crippen LogP contribution in [-0.2, 0) is 13.2 Å². The van der Waals surface area contributed by atoms with Crippen molar-refractivity contribution in [1.29, 1.82) is 0 Å². The Balaban J connectivity index is 0.00000338. The minimum Gasteiger partial charge on any atom is -0.493 e. The van der Waals surface area contributed by atoms with Gasteiger partial charge in [0.2, 0.25) is 0 Å². The summed E-state index contributed by atoms with van der Waals surface area (Å²) in [7, 11) is 1.66. The molecular weight excluding hydrogens is 407 g/mol. The fraction of sp³-hybridized carbons (Fsp3) is 0.400. The molecule has 0 atom stereocenters. The van der Waals surface area contributed by atoms with Crippen LogP contribution in [0.5, 0.6) is 11.5 Å². The van der Waals surface area contributed by atoms with Crippen molar-refractivity contribution in [3.8, 4) is 11.5 Å². The smallest absolute Gasteiger partial charge is 0.166 e. The molecule has 0 heterocycles. The molecule has 0 fully saturated rings. The molecule has 0 spiro atoms. The normalized spacial score (nSPS) is 9.89. The third-order valence-corrected chi connectivity index (χ3v) is 4.25. The quantitative estimate of drug-likeness (QED) is 0.495. The maximum Gasteiger partial charge on any atom is 0.166 e. The molecule has 0 bridgehead atoms. The van der Waals surface area contributed by atoms with E-state index in [0.717, 1.165) is 55.2 Å². The van der Waals surface area contributed by atoms with Crippen LogP contribution in [0.1, 0.15) is 24.5 Å². The number of rotatable bonds is 11. The van der Waals surface area contributed by atoms with Crippen LogP contribution in [0.4, 0.5) is 0 Å². The number of hydrogen-bond acceptors (Lipinski definition) is 4. The lowest BCUT2D eigenvalue weighted by atomic mass is 10.1. The first-order valence-corrected chi connectivity index (χ1v) is 9.07. The molecule has 2 rings (SSSR count). The van der Waals surface area contributed by atoms with Gasteiger partial charge in [-0.15, -0.1) is 24.8 Å². The van der Waals surface area contributed by atoms with E-state index in [-0.39, 0.29) is 24.8 Å². The average molecular weight is 436 g/mol. The Morgan fingerprint density at radius 1 is 0.926 bits per heavy atom. The highest BCUT2D eigenvalue weighted by Crippen LogP contribution is 2.32. The van der Waals surface area contributed by atoms with E-state index in [1.54, 1.807) is 7.11 Å². The van der Waals surface area contributed by atoms with Gasteiger partial charge in [-0.05, 0) is 38.2 Å². The lowest BCUT2D eigenvalue weighted by Gasteiger charge is -2.16. The number of methoxy groups -OCH3 is 1. The van der Waals surface area contributed by atoms with Crippen molar-refractivity contribution >= 4 is 36.4 Å². The van der Waals surface area contributed by atoms with E-state index in [0.29, 0.717) is 11.6 Å². The monoisotopic (exact) mass is 434 g/mol. The van der Waals surface area contributed by atoms with E-state index in [1.807, 2.05) is 36.4 Å². The first-order valence-electron chi connectivity index (χ1n) is 8.69. The topological polar surface area (TPSA) is 42.5 Å². The molecule has 152 valence electrons. The molecule has 0 saturated heterocycles. The summed E-state index contributed by atoms with van der Waals surface area (Å²) >= 11 is 6.22. The van der Waals surface area contributed by atoms with Gasteiger partial charge in [-0.25, -0.2) is 0 Å². The van der Waals surface area contributed by atoms with Crippen molar-refractivity contribution in [2.45, 2.75) is 26.5 Å². The summed E-state index contributed by atoms with van der Waals surface area (Å²) in [6.45, 7) is 6.25. The fourth-order valence-electron chi connectivity index (χ4n) is 2.53. The number of nitrogens with one attached hydrogen (secondary N) is 2. The van der Waals surface area contributed by atoms with Crippen LogP contribution >= 0.6 is 36.4 Å². The third kappa shape index (κ3) is 8.58. The Morgan fingerprint density at radius 2 is 1.63 bits per heavy atom. The van der Waals surface area contributed by atoms with Crippen molar-refractivity contribution in [2.75, 3.05) is 26.7 Å². The molecule has 0 aliphatic carbocycles. The number of ether oxygens (including phenoxy) is 2. The van der Waals surface area contributed by atoms with Crippen molar-refractivity contribution in [2.24, 2.45) is 0 Å². The summed E-state index contributed by atoms with van der Waals surface area (Å²) in [6, 6.07) is 13.7. The molecule has 0 aliphatic heterocycles. The van der Waals surface area contributed by atoms with Gasteiger partial charge in [-0.2, -0.15) is 0 Å². The first-order chi connectivity index (χ1) is 12.3. The van der Waals surface area contributed by atoms with Crippen molar-refractivity contribution in [1.82, 2.24) is 10.6 Å². The predicted octanol–water partition coefficient (Wildman–Crippen LogP) is 4.86. The average Bonchev–Trinajstić information content (AvgIpc) is 2.64. The second kappa shape index (κ2) is 14.8. The van der Waals surface area contributed by atoms with E-state index >= 15 is 0 Å². The SMILES string of the molecule is CCNCCCNCc1cccc(OC)c1OCc1ccccc1Cl.Cl.Cl. The minimum absolute atomic E-state index is 0. The van der Waals surface area contributed by atoms with E-state index in [9.17, 15) is 0 Å². The van der Waals surface area contributed by atoms with Crippen LogP contribution in [0.3, 0.4) is 0 Å². The van der Waals surface area contributed by atoms with E-state index in [4.69, 9.17) is 21.1 Å². The number of halogens is 3. The highest BCUT2D eigenvalue weighted by Gasteiger charge is 2.11. The maximum absolute atomic E-state index is 6.22. The standard InChI is InChI=1S/C20H27ClN2O2.2ClH/c1-3-22-12-7-13-23-14-16-9-6-11-19(24-2)20(16)25-15-17-8-4-5-10-18(17)21;;/h4-6,8-11,22-23H,3,7,12-15H2,1-2H3;2*1H. The summed E-state index contributed by atoms with van der Waals surface area (Å²) in [4.78, 5) is 0. The van der Waals surface area contributed by atoms with Gasteiger partial charge in [0.25, 0.3) is 0 Å². The largest absolute Gasteiger partial charge is 0.493 e. The van der Waals surface area contributed by atoms with Gasteiger partial charge in [0.05, 0.1) is 7.11 Å². The van der Waals surface area contributed by atoms with E-state index in [2.05, 4.69) is 23.6 Å². The van der Waals surface area contributed by atoms with Gasteiger partial charge >= 0.3 is 0 Å². The highest BCUT2D eigenvalue weighted by atomic mass is 35.5. The van der Waals surface area contributed by atoms with Crippen LogP contribution in [0.15, 0.2) is 42.5 Å². The van der Waals surface area contributed by atoms with Crippen molar-refractivity contribution in [3.63, 3.8) is 0 Å². The van der Waals surface area contributed by atoms with E-state index in [1.165, 1.54) is 0 Å². The molecule has 27 heavy (non-hydrogen) atoms. The Labute approximate surface area is 179 Å². The van der Waals surface area contributed by atoms with E-state index < -0.39 is 0 Å². The third-order valence-electron chi connectivity index (χ3n) is 3.88. The Morgan fingerprint density at radius 3 is 2.33 bits per heavy atom. The Kier molecular flexibility index (Phi) is 14.2. The molecule has 0 saturated carbocycles. The Hall–Kier alpha value is -1.17. The minimum atomic E-state index is 0. The summed E-state index contributed by atoms with van der Waals surface area (Å²) < 4.78 is 11.5. The predicted molar refractivity (Wildman–Crippen MR) is 118 cm³/mol. The zero-order valence-electron chi connectivity index (χ0n) is 15.8. The molecule has 2 N–H and O–H groups in total. The molecule has 4 nitrogen and oxygen atoms in total. The van der Waals surface area contributed by atoms with Gasteiger partial charge in [-0.3, -0.25) is 0 Å². The summed E-state index contributed by atoms with van der Waals surface area (Å²) in [5, 5.41) is 7.49. The molecule has 7 heteroatoms. The zero-order chi connectivity index (χ0) is 17.9. The van der Waals surface area contributed by atoms with Crippen LogP contribution in [0.2, 0.25) is 5.02 Å². The number of benzene rings is 2. The second-order valence-corrected chi connectivity index (χ2v) is 6.12. The van der Waals surface area contributed by atoms with Crippen LogP contribution in [0, 0.1) is 0 Å². The molecule has 2 aromatic carbocycles. The van der Waals surface area contributed by atoms with Crippen LogP contribution in [0.25, 0.3) is 0 Å². The van der Waals surface area contributed by atoms with Crippen LogP contribution < -0.4 is 20.1 Å². The summed E-state index contributed by atoms with van der Waals surface area (Å²) in [5.41, 5.74) is 2.04. The fourth-order valence-corrected chi connectivity index (χ4v) is 2.72. The van der Waals surface area contributed by atoms with Gasteiger partial charge in [-0.1, -0.05) is 48.9 Å². The van der Waals surface area contributed by atoms with Gasteiger partial charge in [0.15, 0.2) is 11.5 Å². The number of hydrogen-bond donors (Lipinski definition) is 2. The maximum atomic E-state index is 6.22. The van der Waals surface area contributed by atoms with Gasteiger partial charge in [0, 0.05) is 22.7 Å². The molecule has 0 unspecified atom stereocenters. The summed E-state index contributed by atoms with van der Waals surface area (Å²) in [5.74, 6) is 1.50. The molecule has 2 aromatic rings. The zero-order valence-corrected chi connectivity index (χ0v) is 18.2. The van der Waals surface area contributed by atoms with Crippen LogP contribution in [-0.4, -0.2) is 26.7 Å². The highest BCUT2D eigenvalue weighted by molar-refractivity contribution is 6.31. The first kappa shape index (κ1) is 25.8. The molecule has 0 amide bonds. The molecule has 0 radical (unpaired) electrons. The second-order valence-electron chi connectivity index (χ2n) is 5.71. The lowest BCUT2D eigenvalue weighted by Crippen LogP contribution is -2.21. The lowest BCUT2D eigenvalue weighted by molar-refractivity contribution is 0.280. The van der Waals surface area contributed by atoms with Crippen molar-refractivity contribution in [3.05, 3.63) is 58.6 Å². The Bertz CT molecular complexity index is 657. The summed E-state index contributed by atoms with van der Waals surface area (Å²) in [6.07, 6.45) is 1.09.